The van der Waals surface area contributed by atoms with Crippen LogP contribution in [0.5, 0.6) is 5.88 Å². The van der Waals surface area contributed by atoms with Crippen LogP contribution in [0.25, 0.3) is 0 Å². The number of carbonyl (C=O) groups is 1. The van der Waals surface area contributed by atoms with Crippen LogP contribution in [0.15, 0.2) is 40.0 Å². The normalized spacial score (nSPS) is 15.7. The maximum absolute atomic E-state index is 12.6. The highest BCUT2D eigenvalue weighted by Gasteiger charge is 2.29. The van der Waals surface area contributed by atoms with Crippen molar-refractivity contribution in [3.63, 3.8) is 0 Å². The zero-order valence-electron chi connectivity index (χ0n) is 13.8. The van der Waals surface area contributed by atoms with Crippen LogP contribution in [0, 0.1) is 0 Å². The first-order chi connectivity index (χ1) is 12.0. The van der Waals surface area contributed by atoms with E-state index in [0.717, 1.165) is 19.3 Å². The summed E-state index contributed by atoms with van der Waals surface area (Å²) in [6, 6.07) is 5.92. The van der Waals surface area contributed by atoms with Gasteiger partial charge in [0.05, 0.1) is 7.11 Å². The number of methoxy groups -OCH3 is 1. The van der Waals surface area contributed by atoms with Gasteiger partial charge in [0.1, 0.15) is 5.69 Å². The molecule has 1 aliphatic rings. The van der Waals surface area contributed by atoms with Gasteiger partial charge < -0.3 is 14.5 Å². The maximum Gasteiger partial charge on any atom is 0.291 e. The lowest BCUT2D eigenvalue weighted by Crippen LogP contribution is -2.35. The van der Waals surface area contributed by atoms with E-state index in [-0.39, 0.29) is 16.7 Å². The summed E-state index contributed by atoms with van der Waals surface area (Å²) in [5, 5.41) is 2.37. The number of aromatic nitrogens is 1. The van der Waals surface area contributed by atoms with Crippen LogP contribution in [0.4, 0.5) is 5.69 Å². The van der Waals surface area contributed by atoms with E-state index >= 15 is 0 Å². The molecule has 0 atom stereocenters. The second kappa shape index (κ2) is 7.24. The Bertz CT molecular complexity index is 856. The second-order valence-electron chi connectivity index (χ2n) is 5.60. The van der Waals surface area contributed by atoms with E-state index < -0.39 is 15.9 Å². The van der Waals surface area contributed by atoms with Gasteiger partial charge in [-0.3, -0.25) is 4.79 Å². The number of pyridine rings is 1. The van der Waals surface area contributed by atoms with Crippen molar-refractivity contribution >= 4 is 21.6 Å². The van der Waals surface area contributed by atoms with Crippen molar-refractivity contribution in [3.05, 3.63) is 36.2 Å². The number of nitrogens with zero attached hydrogens (tertiary/aromatic N) is 2. The molecule has 1 N–H and O–H groups in total. The van der Waals surface area contributed by atoms with Gasteiger partial charge in [-0.15, -0.1) is 0 Å². The third-order valence-corrected chi connectivity index (χ3v) is 5.70. The SMILES string of the molecule is COc1ncccc1NC(=O)c1ccc(S(=O)(=O)N2CCCCC2)o1. The van der Waals surface area contributed by atoms with Crippen molar-refractivity contribution < 1.29 is 22.4 Å². The minimum Gasteiger partial charge on any atom is -0.480 e. The van der Waals surface area contributed by atoms with E-state index in [1.165, 1.54) is 29.7 Å². The van der Waals surface area contributed by atoms with Crippen LogP contribution in [-0.4, -0.2) is 43.8 Å². The molecule has 3 heterocycles. The van der Waals surface area contributed by atoms with Crippen molar-refractivity contribution in [2.24, 2.45) is 0 Å². The average molecular weight is 365 g/mol. The molecule has 1 saturated heterocycles. The van der Waals surface area contributed by atoms with Gasteiger partial charge in [-0.2, -0.15) is 4.31 Å². The Morgan fingerprint density at radius 1 is 1.24 bits per heavy atom. The Balaban J connectivity index is 1.77. The van der Waals surface area contributed by atoms with Crippen LogP contribution < -0.4 is 10.1 Å². The van der Waals surface area contributed by atoms with Crippen LogP contribution in [0.1, 0.15) is 29.8 Å². The summed E-state index contributed by atoms with van der Waals surface area (Å²) >= 11 is 0. The van der Waals surface area contributed by atoms with Gasteiger partial charge in [0.15, 0.2) is 5.76 Å². The first kappa shape index (κ1) is 17.4. The molecular weight excluding hydrogens is 346 g/mol. The number of hydrogen-bond donors (Lipinski definition) is 1. The van der Waals surface area contributed by atoms with Gasteiger partial charge in [-0.25, -0.2) is 13.4 Å². The highest BCUT2D eigenvalue weighted by molar-refractivity contribution is 7.89. The predicted octanol–water partition coefficient (Wildman–Crippen LogP) is 2.11. The van der Waals surface area contributed by atoms with E-state index in [0.29, 0.717) is 18.8 Å². The molecule has 3 rings (SSSR count). The van der Waals surface area contributed by atoms with E-state index in [4.69, 9.17) is 9.15 Å². The van der Waals surface area contributed by atoms with Gasteiger partial charge in [0, 0.05) is 19.3 Å². The van der Waals surface area contributed by atoms with Crippen molar-refractivity contribution in [1.82, 2.24) is 9.29 Å². The molecule has 0 saturated carbocycles. The number of furan rings is 1. The van der Waals surface area contributed by atoms with Crippen LogP contribution in [-0.2, 0) is 10.0 Å². The molecule has 0 unspecified atom stereocenters. The summed E-state index contributed by atoms with van der Waals surface area (Å²) in [5.74, 6) is -0.420. The Kier molecular flexibility index (Phi) is 5.05. The largest absolute Gasteiger partial charge is 0.480 e. The molecule has 0 aliphatic carbocycles. The molecule has 0 radical (unpaired) electrons. The van der Waals surface area contributed by atoms with Crippen LogP contribution in [0.3, 0.4) is 0 Å². The molecular formula is C16H19N3O5S. The number of carbonyl (C=O) groups excluding carboxylic acids is 1. The molecule has 134 valence electrons. The summed E-state index contributed by atoms with van der Waals surface area (Å²) in [6.07, 6.45) is 4.21. The highest BCUT2D eigenvalue weighted by Crippen LogP contribution is 2.24. The van der Waals surface area contributed by atoms with Crippen molar-refractivity contribution in [3.8, 4) is 5.88 Å². The number of sulfonamides is 1. The smallest absolute Gasteiger partial charge is 0.291 e. The number of amides is 1. The fourth-order valence-electron chi connectivity index (χ4n) is 2.65. The Hall–Kier alpha value is -2.39. The van der Waals surface area contributed by atoms with Gasteiger partial charge >= 0.3 is 0 Å². The predicted molar refractivity (Wildman–Crippen MR) is 90.1 cm³/mol. The number of rotatable bonds is 5. The summed E-state index contributed by atoms with van der Waals surface area (Å²) < 4.78 is 36.9. The Morgan fingerprint density at radius 2 is 2.00 bits per heavy atom. The number of anilines is 1. The lowest BCUT2D eigenvalue weighted by atomic mass is 10.2. The number of hydrogen-bond acceptors (Lipinski definition) is 6. The second-order valence-corrected chi connectivity index (χ2v) is 7.47. The van der Waals surface area contributed by atoms with Gasteiger partial charge in [0.25, 0.3) is 15.9 Å². The van der Waals surface area contributed by atoms with Gasteiger partial charge in [-0.05, 0) is 37.1 Å². The minimum atomic E-state index is -3.71. The Morgan fingerprint density at radius 3 is 2.72 bits per heavy atom. The first-order valence-corrected chi connectivity index (χ1v) is 9.37. The average Bonchev–Trinajstić information content (AvgIpc) is 3.14. The molecule has 1 amide bonds. The summed E-state index contributed by atoms with van der Waals surface area (Å²) in [6.45, 7) is 0.939. The summed E-state index contributed by atoms with van der Waals surface area (Å²) in [5.41, 5.74) is 0.367. The molecule has 1 fully saturated rings. The number of nitrogens with one attached hydrogen (secondary N) is 1. The van der Waals surface area contributed by atoms with Crippen molar-refractivity contribution in [2.45, 2.75) is 24.4 Å². The molecule has 2 aromatic heterocycles. The minimum absolute atomic E-state index is 0.0958. The third kappa shape index (κ3) is 3.67. The molecule has 0 aromatic carbocycles. The van der Waals surface area contributed by atoms with Crippen LogP contribution >= 0.6 is 0 Å². The quantitative estimate of drug-likeness (QED) is 0.871. The number of piperidine rings is 1. The monoisotopic (exact) mass is 365 g/mol. The Labute approximate surface area is 145 Å². The molecule has 1 aliphatic heterocycles. The maximum atomic E-state index is 12.6. The molecule has 9 heteroatoms. The molecule has 0 bridgehead atoms. The fourth-order valence-corrected chi connectivity index (χ4v) is 4.07. The topological polar surface area (TPSA) is 102 Å². The first-order valence-electron chi connectivity index (χ1n) is 7.93. The van der Waals surface area contributed by atoms with E-state index in [1.807, 2.05) is 0 Å². The lowest BCUT2D eigenvalue weighted by molar-refractivity contribution is 0.0991. The molecule has 8 nitrogen and oxygen atoms in total. The lowest BCUT2D eigenvalue weighted by Gasteiger charge is -2.24. The third-order valence-electron chi connectivity index (χ3n) is 3.93. The summed E-state index contributed by atoms with van der Waals surface area (Å²) in [4.78, 5) is 16.3. The zero-order chi connectivity index (χ0) is 17.9. The highest BCUT2D eigenvalue weighted by atomic mass is 32.2. The van der Waals surface area contributed by atoms with Gasteiger partial charge in [-0.1, -0.05) is 6.42 Å². The number of ether oxygens (including phenoxy) is 1. The van der Waals surface area contributed by atoms with E-state index in [1.54, 1.807) is 12.1 Å². The zero-order valence-corrected chi connectivity index (χ0v) is 14.6. The molecule has 25 heavy (non-hydrogen) atoms. The summed E-state index contributed by atoms with van der Waals surface area (Å²) in [7, 11) is -2.27. The van der Waals surface area contributed by atoms with Gasteiger partial charge in [0.2, 0.25) is 11.0 Å². The van der Waals surface area contributed by atoms with E-state index in [9.17, 15) is 13.2 Å². The van der Waals surface area contributed by atoms with E-state index in [2.05, 4.69) is 10.3 Å². The molecule has 0 spiro atoms. The molecule has 2 aromatic rings. The standard InChI is InChI=1S/C16H19N3O5S/c1-23-16-12(6-5-9-17-16)18-15(20)13-7-8-14(24-13)25(21,22)19-10-3-2-4-11-19/h5-9H,2-4,10-11H2,1H3,(H,18,20). The fraction of sp³-hybridized carbons (Fsp3) is 0.375. The van der Waals surface area contributed by atoms with Crippen LogP contribution in [0.2, 0.25) is 0 Å². The van der Waals surface area contributed by atoms with Crippen molar-refractivity contribution in [1.29, 1.82) is 0 Å². The van der Waals surface area contributed by atoms with Crippen molar-refractivity contribution in [2.75, 3.05) is 25.5 Å².